The normalized spacial score (nSPS) is 19.5. The molecule has 1 fully saturated rings. The second-order valence-electron chi connectivity index (χ2n) is 7.48. The molecule has 144 valence electrons. The van der Waals surface area contributed by atoms with Crippen LogP contribution in [0.5, 0.6) is 0 Å². The van der Waals surface area contributed by atoms with Crippen LogP contribution >= 0.6 is 11.6 Å². The highest BCUT2D eigenvalue weighted by atomic mass is 35.5. The van der Waals surface area contributed by atoms with Crippen LogP contribution in [0.2, 0.25) is 5.02 Å². The van der Waals surface area contributed by atoms with Gasteiger partial charge in [0.05, 0.1) is 11.1 Å². The van der Waals surface area contributed by atoms with E-state index in [1.165, 1.54) is 6.42 Å². The average molecular weight is 397 g/mol. The van der Waals surface area contributed by atoms with Crippen molar-refractivity contribution < 1.29 is 13.9 Å². The lowest BCUT2D eigenvalue weighted by Gasteiger charge is -2.26. The van der Waals surface area contributed by atoms with Crippen molar-refractivity contribution in [1.29, 1.82) is 0 Å². The maximum absolute atomic E-state index is 12.6. The second-order valence-corrected chi connectivity index (χ2v) is 7.89. The van der Waals surface area contributed by atoms with Crippen LogP contribution in [0.3, 0.4) is 0 Å². The van der Waals surface area contributed by atoms with Crippen LogP contribution in [-0.4, -0.2) is 12.1 Å². The molecule has 0 saturated heterocycles. The lowest BCUT2D eigenvalue weighted by molar-refractivity contribution is 0.0155. The third-order valence-electron chi connectivity index (χ3n) is 5.30. The molecule has 0 aliphatic heterocycles. The molecule has 1 aromatic heterocycles. The van der Waals surface area contributed by atoms with Gasteiger partial charge in [0.1, 0.15) is 11.7 Å². The Labute approximate surface area is 168 Å². The highest BCUT2D eigenvalue weighted by molar-refractivity contribution is 6.33. The van der Waals surface area contributed by atoms with Gasteiger partial charge < -0.3 is 9.15 Å². The van der Waals surface area contributed by atoms with Crippen molar-refractivity contribution in [3.63, 3.8) is 0 Å². The number of carbonyl (C=O) groups excluding carboxylic acids is 1. The predicted molar refractivity (Wildman–Crippen MR) is 110 cm³/mol. The summed E-state index contributed by atoms with van der Waals surface area (Å²) in [5.41, 5.74) is 1.18. The van der Waals surface area contributed by atoms with Gasteiger partial charge in [0.2, 0.25) is 0 Å². The van der Waals surface area contributed by atoms with Crippen molar-refractivity contribution in [1.82, 2.24) is 0 Å². The molecule has 1 saturated carbocycles. The van der Waals surface area contributed by atoms with Crippen molar-refractivity contribution in [3.05, 3.63) is 69.5 Å². The van der Waals surface area contributed by atoms with E-state index in [1.807, 2.05) is 12.1 Å². The molecule has 28 heavy (non-hydrogen) atoms. The summed E-state index contributed by atoms with van der Waals surface area (Å²) in [5.74, 6) is 0.178. The number of ether oxygens (including phenoxy) is 1. The lowest BCUT2D eigenvalue weighted by atomic mass is 9.89. The van der Waals surface area contributed by atoms with Gasteiger partial charge in [0.15, 0.2) is 0 Å². The van der Waals surface area contributed by atoms with Gasteiger partial charge in [0.25, 0.3) is 0 Å². The third kappa shape index (κ3) is 3.83. The molecule has 0 spiro atoms. The van der Waals surface area contributed by atoms with E-state index in [2.05, 4.69) is 6.92 Å². The Bertz CT molecular complexity index is 1090. The number of hydrogen-bond donors (Lipinski definition) is 0. The fourth-order valence-corrected chi connectivity index (χ4v) is 4.03. The first-order valence-electron chi connectivity index (χ1n) is 9.55. The summed E-state index contributed by atoms with van der Waals surface area (Å²) in [5, 5.41) is 1.17. The molecule has 3 aromatic rings. The van der Waals surface area contributed by atoms with Crippen molar-refractivity contribution in [2.75, 3.05) is 0 Å². The van der Waals surface area contributed by atoms with E-state index in [0.29, 0.717) is 33.2 Å². The molecule has 2 atom stereocenters. The number of rotatable bonds is 3. The van der Waals surface area contributed by atoms with Crippen LogP contribution in [0, 0.1) is 5.92 Å². The number of para-hydroxylation sites is 1. The van der Waals surface area contributed by atoms with Crippen LogP contribution in [0.1, 0.15) is 43.0 Å². The zero-order valence-electron chi connectivity index (χ0n) is 15.6. The molecule has 0 N–H and O–H groups in total. The summed E-state index contributed by atoms with van der Waals surface area (Å²) in [6.07, 6.45) is 3.98. The summed E-state index contributed by atoms with van der Waals surface area (Å²) in [7, 11) is 0. The first kappa shape index (κ1) is 18.8. The van der Waals surface area contributed by atoms with E-state index in [4.69, 9.17) is 20.8 Å². The van der Waals surface area contributed by atoms with Gasteiger partial charge in [-0.25, -0.2) is 9.59 Å². The number of hydrogen-bond acceptors (Lipinski definition) is 4. The average Bonchev–Trinajstić information content (AvgIpc) is 2.68. The maximum Gasteiger partial charge on any atom is 0.344 e. The fraction of sp³-hybridized carbons (Fsp3) is 0.304. The molecular weight excluding hydrogens is 376 g/mol. The van der Waals surface area contributed by atoms with Crippen molar-refractivity contribution in [3.8, 4) is 11.1 Å². The van der Waals surface area contributed by atoms with Gasteiger partial charge in [-0.1, -0.05) is 43.1 Å². The number of halogens is 1. The van der Waals surface area contributed by atoms with Crippen molar-refractivity contribution in [2.24, 2.45) is 5.92 Å². The first-order valence-corrected chi connectivity index (χ1v) is 9.93. The Balaban J connectivity index is 1.67. The van der Waals surface area contributed by atoms with E-state index in [0.717, 1.165) is 24.6 Å². The highest BCUT2D eigenvalue weighted by Gasteiger charge is 2.23. The molecule has 4 rings (SSSR count). The minimum atomic E-state index is -0.493. The van der Waals surface area contributed by atoms with Crippen LogP contribution in [-0.2, 0) is 4.74 Å². The molecule has 2 aromatic carbocycles. The molecule has 4 nitrogen and oxygen atoms in total. The SMILES string of the molecule is C[C@H]1CCC[C@@H](OC(=O)c2ccc(Cl)c(-c3cc4ccccc4oc3=O)c2)C1. The molecule has 1 heterocycles. The lowest BCUT2D eigenvalue weighted by Crippen LogP contribution is -2.24. The van der Waals surface area contributed by atoms with E-state index in [-0.39, 0.29) is 12.1 Å². The summed E-state index contributed by atoms with van der Waals surface area (Å²) in [6.45, 7) is 2.18. The van der Waals surface area contributed by atoms with E-state index in [1.54, 1.807) is 36.4 Å². The molecule has 0 radical (unpaired) electrons. The molecule has 1 aliphatic rings. The second kappa shape index (κ2) is 7.80. The van der Waals surface area contributed by atoms with Gasteiger partial charge in [-0.3, -0.25) is 0 Å². The standard InChI is InChI=1S/C23H21ClO4/c1-14-5-4-7-17(11-14)27-22(25)16-9-10-20(24)18(13-16)19-12-15-6-2-3-8-21(15)28-23(19)26/h2-3,6,8-10,12-14,17H,4-5,7,11H2,1H3/t14-,17+/m0/s1. The van der Waals surface area contributed by atoms with Gasteiger partial charge in [-0.05, 0) is 55.5 Å². The van der Waals surface area contributed by atoms with Crippen LogP contribution in [0.15, 0.2) is 57.7 Å². The molecule has 0 amide bonds. The number of benzene rings is 2. The number of fused-ring (bicyclic) bond motifs is 1. The molecule has 5 heteroatoms. The van der Waals surface area contributed by atoms with E-state index < -0.39 is 5.63 Å². The minimum absolute atomic E-state index is 0.0545. The quantitative estimate of drug-likeness (QED) is 0.411. The van der Waals surface area contributed by atoms with Crippen LogP contribution < -0.4 is 5.63 Å². The Morgan fingerprint density at radius 2 is 1.93 bits per heavy atom. The minimum Gasteiger partial charge on any atom is -0.459 e. The molecule has 0 bridgehead atoms. The largest absolute Gasteiger partial charge is 0.459 e. The Morgan fingerprint density at radius 1 is 1.11 bits per heavy atom. The summed E-state index contributed by atoms with van der Waals surface area (Å²) in [6, 6.07) is 13.9. The summed E-state index contributed by atoms with van der Waals surface area (Å²) in [4.78, 5) is 25.1. The summed E-state index contributed by atoms with van der Waals surface area (Å²) >= 11 is 6.34. The summed E-state index contributed by atoms with van der Waals surface area (Å²) < 4.78 is 11.1. The third-order valence-corrected chi connectivity index (χ3v) is 5.63. The Kier molecular flexibility index (Phi) is 5.23. The van der Waals surface area contributed by atoms with E-state index in [9.17, 15) is 9.59 Å². The Hall–Kier alpha value is -2.59. The van der Waals surface area contributed by atoms with Gasteiger partial charge >= 0.3 is 11.6 Å². The van der Waals surface area contributed by atoms with Gasteiger partial charge in [0, 0.05) is 16.0 Å². The smallest absolute Gasteiger partial charge is 0.344 e. The number of esters is 1. The zero-order valence-corrected chi connectivity index (χ0v) is 16.4. The van der Waals surface area contributed by atoms with Crippen molar-refractivity contribution >= 4 is 28.5 Å². The first-order chi connectivity index (χ1) is 13.5. The predicted octanol–water partition coefficient (Wildman–Crippen LogP) is 5.85. The maximum atomic E-state index is 12.6. The zero-order chi connectivity index (χ0) is 19.7. The highest BCUT2D eigenvalue weighted by Crippen LogP contribution is 2.30. The monoisotopic (exact) mass is 396 g/mol. The van der Waals surface area contributed by atoms with E-state index >= 15 is 0 Å². The van der Waals surface area contributed by atoms with Gasteiger partial charge in [-0.2, -0.15) is 0 Å². The molecule has 0 unspecified atom stereocenters. The van der Waals surface area contributed by atoms with Gasteiger partial charge in [-0.15, -0.1) is 0 Å². The van der Waals surface area contributed by atoms with Crippen LogP contribution in [0.25, 0.3) is 22.1 Å². The topological polar surface area (TPSA) is 56.5 Å². The Morgan fingerprint density at radius 3 is 2.75 bits per heavy atom. The molecular formula is C23H21ClO4. The van der Waals surface area contributed by atoms with Crippen LogP contribution in [0.4, 0.5) is 0 Å². The molecule has 1 aliphatic carbocycles. The fourth-order valence-electron chi connectivity index (χ4n) is 3.81. The van der Waals surface area contributed by atoms with Crippen molar-refractivity contribution in [2.45, 2.75) is 38.7 Å². The number of carbonyl (C=O) groups is 1.